The zero-order valence-electron chi connectivity index (χ0n) is 14.6. The summed E-state index contributed by atoms with van der Waals surface area (Å²) in [4.78, 5) is 4.63. The minimum absolute atomic E-state index is 0.515. The molecule has 0 unspecified atom stereocenters. The van der Waals surface area contributed by atoms with Crippen LogP contribution in [0.5, 0.6) is 0 Å². The van der Waals surface area contributed by atoms with Crippen LogP contribution in [0.25, 0.3) is 17.1 Å². The Bertz CT molecular complexity index is 823. The standard InChI is InChI=1S/C20H23BN2/c1-14-11-15(2)19(16(3)12-14)23-10-9-22-20(23)17-7-6-8-18(13-17)21(4)5/h6-13H,1-5H3. The largest absolute Gasteiger partial charge is 0.299 e. The Balaban J connectivity index is 2.16. The van der Waals surface area contributed by atoms with Gasteiger partial charge in [0.25, 0.3) is 0 Å². The van der Waals surface area contributed by atoms with Crippen LogP contribution in [-0.2, 0) is 0 Å². The Kier molecular flexibility index (Phi) is 4.12. The minimum atomic E-state index is 0.515. The molecule has 0 bridgehead atoms. The maximum Gasteiger partial charge on any atom is 0.169 e. The van der Waals surface area contributed by atoms with Crippen molar-refractivity contribution < 1.29 is 0 Å². The summed E-state index contributed by atoms with van der Waals surface area (Å²) in [6.45, 7) is 11.4. The van der Waals surface area contributed by atoms with Crippen molar-refractivity contribution >= 4 is 12.2 Å². The summed E-state index contributed by atoms with van der Waals surface area (Å²) >= 11 is 0. The monoisotopic (exact) mass is 302 g/mol. The van der Waals surface area contributed by atoms with E-state index in [1.54, 1.807) is 0 Å². The van der Waals surface area contributed by atoms with Crippen LogP contribution in [0.4, 0.5) is 0 Å². The Morgan fingerprint density at radius 1 is 0.957 bits per heavy atom. The number of aromatic nitrogens is 2. The first-order valence-corrected chi connectivity index (χ1v) is 8.19. The summed E-state index contributed by atoms with van der Waals surface area (Å²) in [5, 5.41) is 0. The molecule has 2 nitrogen and oxygen atoms in total. The third-order valence-corrected chi connectivity index (χ3v) is 4.33. The van der Waals surface area contributed by atoms with Gasteiger partial charge in [-0.15, -0.1) is 0 Å². The first-order valence-electron chi connectivity index (χ1n) is 8.19. The zero-order valence-corrected chi connectivity index (χ0v) is 14.6. The molecular weight excluding hydrogens is 279 g/mol. The van der Waals surface area contributed by atoms with Crippen molar-refractivity contribution in [2.24, 2.45) is 0 Å². The van der Waals surface area contributed by atoms with Crippen LogP contribution >= 0.6 is 0 Å². The van der Waals surface area contributed by atoms with Crippen molar-refractivity contribution in [2.45, 2.75) is 34.4 Å². The van der Waals surface area contributed by atoms with Crippen LogP contribution in [0.3, 0.4) is 0 Å². The highest BCUT2D eigenvalue weighted by Crippen LogP contribution is 2.26. The van der Waals surface area contributed by atoms with Crippen molar-refractivity contribution in [3.63, 3.8) is 0 Å². The molecular formula is C20H23BN2. The van der Waals surface area contributed by atoms with Crippen LogP contribution in [0.2, 0.25) is 13.6 Å². The summed E-state index contributed by atoms with van der Waals surface area (Å²) < 4.78 is 2.21. The zero-order chi connectivity index (χ0) is 16.6. The lowest BCUT2D eigenvalue weighted by Crippen LogP contribution is -2.22. The van der Waals surface area contributed by atoms with E-state index in [0.29, 0.717) is 6.71 Å². The fourth-order valence-corrected chi connectivity index (χ4v) is 3.29. The molecule has 0 fully saturated rings. The summed E-state index contributed by atoms with van der Waals surface area (Å²) in [6, 6.07) is 13.2. The minimum Gasteiger partial charge on any atom is -0.299 e. The smallest absolute Gasteiger partial charge is 0.169 e. The van der Waals surface area contributed by atoms with Gasteiger partial charge in [-0.3, -0.25) is 4.57 Å². The van der Waals surface area contributed by atoms with Gasteiger partial charge in [-0.2, -0.15) is 0 Å². The summed E-state index contributed by atoms with van der Waals surface area (Å²) in [6.07, 6.45) is 3.94. The first-order chi connectivity index (χ1) is 11.0. The third kappa shape index (κ3) is 2.96. The molecule has 0 saturated carbocycles. The van der Waals surface area contributed by atoms with Gasteiger partial charge in [0, 0.05) is 18.0 Å². The fraction of sp³-hybridized carbons (Fsp3) is 0.250. The molecule has 0 saturated heterocycles. The van der Waals surface area contributed by atoms with E-state index in [1.807, 2.05) is 6.20 Å². The number of imidazole rings is 1. The maximum atomic E-state index is 4.63. The van der Waals surface area contributed by atoms with E-state index in [0.717, 1.165) is 5.82 Å². The normalized spacial score (nSPS) is 10.8. The lowest BCUT2D eigenvalue weighted by molar-refractivity contribution is 1.03. The van der Waals surface area contributed by atoms with Crippen molar-refractivity contribution in [1.82, 2.24) is 9.55 Å². The van der Waals surface area contributed by atoms with Gasteiger partial charge in [0.1, 0.15) is 5.82 Å². The predicted molar refractivity (Wildman–Crippen MR) is 100 cm³/mol. The second-order valence-corrected chi connectivity index (χ2v) is 6.65. The molecule has 0 radical (unpaired) electrons. The van der Waals surface area contributed by atoms with Gasteiger partial charge in [0.2, 0.25) is 0 Å². The van der Waals surface area contributed by atoms with Crippen molar-refractivity contribution in [2.75, 3.05) is 0 Å². The van der Waals surface area contributed by atoms with E-state index in [4.69, 9.17) is 0 Å². The molecule has 1 heterocycles. The van der Waals surface area contributed by atoms with E-state index in [2.05, 4.69) is 86.6 Å². The van der Waals surface area contributed by atoms with Crippen LogP contribution in [0.15, 0.2) is 48.8 Å². The molecule has 1 aromatic heterocycles. The van der Waals surface area contributed by atoms with Gasteiger partial charge < -0.3 is 0 Å². The molecule has 0 aliphatic rings. The molecule has 0 atom stereocenters. The third-order valence-electron chi connectivity index (χ3n) is 4.33. The van der Waals surface area contributed by atoms with E-state index >= 15 is 0 Å². The molecule has 2 aromatic carbocycles. The van der Waals surface area contributed by atoms with Crippen LogP contribution in [0.1, 0.15) is 16.7 Å². The van der Waals surface area contributed by atoms with Crippen molar-refractivity contribution in [3.05, 3.63) is 65.5 Å². The lowest BCUT2D eigenvalue weighted by Gasteiger charge is -2.15. The Hall–Kier alpha value is -2.29. The molecule has 0 aliphatic heterocycles. The average Bonchev–Trinajstić information content (AvgIpc) is 2.95. The number of rotatable bonds is 3. The molecule has 3 heteroatoms. The molecule has 0 aliphatic carbocycles. The van der Waals surface area contributed by atoms with Gasteiger partial charge in [0.15, 0.2) is 6.71 Å². The Morgan fingerprint density at radius 3 is 2.30 bits per heavy atom. The predicted octanol–water partition coefficient (Wildman–Crippen LogP) is 4.43. The molecule has 116 valence electrons. The second kappa shape index (κ2) is 6.07. The number of benzene rings is 2. The topological polar surface area (TPSA) is 17.8 Å². The van der Waals surface area contributed by atoms with E-state index < -0.39 is 0 Å². The molecule has 3 rings (SSSR count). The van der Waals surface area contributed by atoms with Gasteiger partial charge >= 0.3 is 0 Å². The molecule has 0 spiro atoms. The summed E-state index contributed by atoms with van der Waals surface area (Å²) in [5.41, 5.74) is 7.60. The van der Waals surface area contributed by atoms with E-state index in [-0.39, 0.29) is 0 Å². The quantitative estimate of drug-likeness (QED) is 0.655. The highest BCUT2D eigenvalue weighted by atomic mass is 15.1. The highest BCUT2D eigenvalue weighted by Gasteiger charge is 2.13. The van der Waals surface area contributed by atoms with Crippen molar-refractivity contribution in [1.29, 1.82) is 0 Å². The molecule has 0 amide bonds. The van der Waals surface area contributed by atoms with Crippen LogP contribution < -0.4 is 5.46 Å². The number of hydrogen-bond donors (Lipinski definition) is 0. The SMILES string of the molecule is CB(C)c1cccc(-c2nccn2-c2c(C)cc(C)cc2C)c1. The van der Waals surface area contributed by atoms with Crippen LogP contribution in [-0.4, -0.2) is 16.3 Å². The van der Waals surface area contributed by atoms with E-state index in [9.17, 15) is 0 Å². The van der Waals surface area contributed by atoms with Crippen LogP contribution in [0, 0.1) is 20.8 Å². The average molecular weight is 302 g/mol. The summed E-state index contributed by atoms with van der Waals surface area (Å²) in [5.74, 6) is 1.00. The Morgan fingerprint density at radius 2 is 1.65 bits per heavy atom. The molecule has 3 aromatic rings. The number of nitrogens with zero attached hydrogens (tertiary/aromatic N) is 2. The molecule has 0 N–H and O–H groups in total. The molecule has 23 heavy (non-hydrogen) atoms. The van der Waals surface area contributed by atoms with E-state index in [1.165, 1.54) is 33.4 Å². The van der Waals surface area contributed by atoms with Crippen molar-refractivity contribution in [3.8, 4) is 17.1 Å². The summed E-state index contributed by atoms with van der Waals surface area (Å²) in [7, 11) is 0. The van der Waals surface area contributed by atoms with Gasteiger partial charge in [-0.25, -0.2) is 4.98 Å². The maximum absolute atomic E-state index is 4.63. The second-order valence-electron chi connectivity index (χ2n) is 6.65. The van der Waals surface area contributed by atoms with Gasteiger partial charge in [0.05, 0.1) is 5.69 Å². The Labute approximate surface area is 139 Å². The first kappa shape index (κ1) is 15.6. The fourth-order valence-electron chi connectivity index (χ4n) is 3.29. The van der Waals surface area contributed by atoms with Gasteiger partial charge in [-0.1, -0.05) is 61.1 Å². The van der Waals surface area contributed by atoms with Gasteiger partial charge in [-0.05, 0) is 31.9 Å². The lowest BCUT2D eigenvalue weighted by atomic mass is 9.49. The number of hydrogen-bond acceptors (Lipinski definition) is 1. The highest BCUT2D eigenvalue weighted by molar-refractivity contribution is 6.70. The number of aryl methyl sites for hydroxylation is 3.